The van der Waals surface area contributed by atoms with Crippen molar-refractivity contribution in [1.29, 1.82) is 0 Å². The third-order valence-corrected chi connectivity index (χ3v) is 5.63. The number of aryl methyl sites for hydroxylation is 1. The number of hydrogen-bond acceptors (Lipinski definition) is 6. The van der Waals surface area contributed by atoms with Crippen molar-refractivity contribution in [2.45, 2.75) is 24.6 Å². The number of sulfone groups is 1. The van der Waals surface area contributed by atoms with E-state index >= 15 is 0 Å². The SMILES string of the molecule is Cn1nnc(Br)c1C(NN)C(C)(C)S(C)(=O)=O. The highest BCUT2D eigenvalue weighted by molar-refractivity contribution is 9.10. The van der Waals surface area contributed by atoms with Gasteiger partial charge in [-0.15, -0.1) is 5.10 Å². The van der Waals surface area contributed by atoms with Crippen molar-refractivity contribution in [2.24, 2.45) is 12.9 Å². The van der Waals surface area contributed by atoms with Crippen LogP contribution in [0.1, 0.15) is 25.6 Å². The average molecular weight is 326 g/mol. The zero-order valence-electron chi connectivity index (χ0n) is 10.1. The third-order valence-electron chi connectivity index (χ3n) is 2.92. The van der Waals surface area contributed by atoms with Gasteiger partial charge in [0, 0.05) is 13.3 Å². The molecule has 17 heavy (non-hydrogen) atoms. The molecular weight excluding hydrogens is 310 g/mol. The summed E-state index contributed by atoms with van der Waals surface area (Å²) >= 11 is 3.23. The molecule has 98 valence electrons. The van der Waals surface area contributed by atoms with Gasteiger partial charge in [-0.2, -0.15) is 0 Å². The van der Waals surface area contributed by atoms with E-state index in [1.165, 1.54) is 10.9 Å². The van der Waals surface area contributed by atoms with E-state index in [0.717, 1.165) is 0 Å². The van der Waals surface area contributed by atoms with Gasteiger partial charge in [-0.05, 0) is 29.8 Å². The Labute approximate surface area is 109 Å². The Bertz CT molecular complexity index is 490. The van der Waals surface area contributed by atoms with Gasteiger partial charge in [0.25, 0.3) is 0 Å². The van der Waals surface area contributed by atoms with Crippen LogP contribution in [0.2, 0.25) is 0 Å². The fourth-order valence-corrected chi connectivity index (χ4v) is 2.63. The predicted octanol–water partition coefficient (Wildman–Crippen LogP) is -0.0948. The molecule has 0 aliphatic carbocycles. The van der Waals surface area contributed by atoms with Crippen LogP contribution in [0.5, 0.6) is 0 Å². The van der Waals surface area contributed by atoms with Crippen LogP contribution in [0, 0.1) is 0 Å². The van der Waals surface area contributed by atoms with Gasteiger partial charge in [0.15, 0.2) is 14.4 Å². The molecule has 1 aromatic rings. The smallest absolute Gasteiger partial charge is 0.154 e. The second kappa shape index (κ2) is 4.63. The van der Waals surface area contributed by atoms with Crippen molar-refractivity contribution in [3.8, 4) is 0 Å². The summed E-state index contributed by atoms with van der Waals surface area (Å²) in [6.07, 6.45) is 1.18. The Morgan fingerprint density at radius 3 is 2.35 bits per heavy atom. The molecule has 0 bridgehead atoms. The Hall–Kier alpha value is -0.510. The highest BCUT2D eigenvalue weighted by Gasteiger charge is 2.42. The maximum absolute atomic E-state index is 11.8. The van der Waals surface area contributed by atoms with Gasteiger partial charge in [-0.1, -0.05) is 5.21 Å². The molecule has 1 rings (SSSR count). The van der Waals surface area contributed by atoms with Crippen molar-refractivity contribution in [2.75, 3.05) is 6.26 Å². The molecule has 9 heteroatoms. The normalized spacial score (nSPS) is 14.9. The van der Waals surface area contributed by atoms with Crippen molar-refractivity contribution in [1.82, 2.24) is 20.4 Å². The van der Waals surface area contributed by atoms with Crippen LogP contribution in [-0.4, -0.2) is 34.4 Å². The van der Waals surface area contributed by atoms with Crippen molar-refractivity contribution >= 4 is 25.8 Å². The minimum Gasteiger partial charge on any atom is -0.271 e. The average Bonchev–Trinajstić information content (AvgIpc) is 2.48. The van der Waals surface area contributed by atoms with Crippen LogP contribution < -0.4 is 11.3 Å². The van der Waals surface area contributed by atoms with Crippen molar-refractivity contribution < 1.29 is 8.42 Å². The van der Waals surface area contributed by atoms with Gasteiger partial charge >= 0.3 is 0 Å². The van der Waals surface area contributed by atoms with E-state index in [2.05, 4.69) is 31.7 Å². The number of halogens is 1. The topological polar surface area (TPSA) is 103 Å². The number of rotatable bonds is 4. The molecule has 1 atom stereocenters. The van der Waals surface area contributed by atoms with E-state index in [1.54, 1.807) is 20.9 Å². The highest BCUT2D eigenvalue weighted by Crippen LogP contribution is 2.33. The minimum atomic E-state index is -3.31. The lowest BCUT2D eigenvalue weighted by molar-refractivity contribution is 0.405. The zero-order chi connectivity index (χ0) is 13.4. The van der Waals surface area contributed by atoms with Crippen LogP contribution in [0.3, 0.4) is 0 Å². The summed E-state index contributed by atoms with van der Waals surface area (Å²) in [6, 6.07) is -0.619. The molecule has 0 spiro atoms. The molecule has 0 aromatic carbocycles. The van der Waals surface area contributed by atoms with Crippen LogP contribution in [0.4, 0.5) is 0 Å². The Balaban J connectivity index is 3.36. The molecule has 1 aromatic heterocycles. The van der Waals surface area contributed by atoms with Gasteiger partial charge in [0.05, 0.1) is 16.5 Å². The molecule has 0 amide bonds. The molecule has 7 nitrogen and oxygen atoms in total. The molecule has 1 unspecified atom stereocenters. The van der Waals surface area contributed by atoms with E-state index in [0.29, 0.717) is 10.3 Å². The second-order valence-corrected chi connectivity index (χ2v) is 7.71. The second-order valence-electron chi connectivity index (χ2n) is 4.36. The summed E-state index contributed by atoms with van der Waals surface area (Å²) in [7, 11) is -1.63. The summed E-state index contributed by atoms with van der Waals surface area (Å²) in [5.41, 5.74) is 3.11. The van der Waals surface area contributed by atoms with Gasteiger partial charge in [0.1, 0.15) is 0 Å². The molecule has 0 saturated carbocycles. The summed E-state index contributed by atoms with van der Waals surface area (Å²) in [6.45, 7) is 3.21. The predicted molar refractivity (Wildman–Crippen MR) is 67.7 cm³/mol. The first-order valence-electron chi connectivity index (χ1n) is 4.83. The van der Waals surface area contributed by atoms with E-state index < -0.39 is 20.6 Å². The highest BCUT2D eigenvalue weighted by atomic mass is 79.9. The summed E-state index contributed by atoms with van der Waals surface area (Å²) < 4.78 is 24.5. The van der Waals surface area contributed by atoms with Crippen LogP contribution >= 0.6 is 15.9 Å². The quantitative estimate of drug-likeness (QED) is 0.592. The Kier molecular flexibility index (Phi) is 3.97. The third kappa shape index (κ3) is 2.51. The first kappa shape index (κ1) is 14.6. The Morgan fingerprint density at radius 1 is 1.53 bits per heavy atom. The van der Waals surface area contributed by atoms with E-state index in [4.69, 9.17) is 5.84 Å². The van der Waals surface area contributed by atoms with Crippen LogP contribution in [0.15, 0.2) is 4.60 Å². The molecule has 0 fully saturated rings. The molecule has 3 N–H and O–H groups in total. The van der Waals surface area contributed by atoms with E-state index in [9.17, 15) is 8.42 Å². The van der Waals surface area contributed by atoms with Gasteiger partial charge < -0.3 is 0 Å². The summed E-state index contributed by atoms with van der Waals surface area (Å²) in [5, 5.41) is 7.63. The lowest BCUT2D eigenvalue weighted by atomic mass is 10.0. The summed E-state index contributed by atoms with van der Waals surface area (Å²) in [4.78, 5) is 0. The lowest BCUT2D eigenvalue weighted by Gasteiger charge is -2.31. The standard InChI is InChI=1S/C8H16BrN5O2S/c1-8(2,17(4,15)16)6(11-10)5-7(9)12-13-14(5)3/h6,11H,10H2,1-4H3. The fraction of sp³-hybridized carbons (Fsp3) is 0.750. The molecule has 1 heterocycles. The van der Waals surface area contributed by atoms with Crippen LogP contribution in [-0.2, 0) is 16.9 Å². The number of hydrazine groups is 1. The Morgan fingerprint density at radius 2 is 2.06 bits per heavy atom. The molecule has 0 aliphatic rings. The lowest BCUT2D eigenvalue weighted by Crippen LogP contribution is -2.48. The fourth-order valence-electron chi connectivity index (χ4n) is 1.47. The maximum atomic E-state index is 11.8. The minimum absolute atomic E-state index is 0.472. The van der Waals surface area contributed by atoms with Crippen molar-refractivity contribution in [3.63, 3.8) is 0 Å². The number of aromatic nitrogens is 3. The largest absolute Gasteiger partial charge is 0.271 e. The number of nitrogens with zero attached hydrogens (tertiary/aromatic N) is 3. The monoisotopic (exact) mass is 325 g/mol. The van der Waals surface area contributed by atoms with E-state index in [1.807, 2.05) is 0 Å². The van der Waals surface area contributed by atoms with Crippen LogP contribution in [0.25, 0.3) is 0 Å². The molecular formula is C8H16BrN5O2S. The molecule has 0 radical (unpaired) electrons. The maximum Gasteiger partial charge on any atom is 0.154 e. The summed E-state index contributed by atoms with van der Waals surface area (Å²) in [5.74, 6) is 5.48. The van der Waals surface area contributed by atoms with Crippen molar-refractivity contribution in [3.05, 3.63) is 10.3 Å². The number of nitrogens with two attached hydrogens (primary N) is 1. The molecule has 0 saturated heterocycles. The zero-order valence-corrected chi connectivity index (χ0v) is 12.5. The first-order chi connectivity index (χ1) is 7.63. The van der Waals surface area contributed by atoms with Gasteiger partial charge in [0.2, 0.25) is 0 Å². The number of nitrogens with one attached hydrogen (secondary N) is 1. The number of hydrogen-bond donors (Lipinski definition) is 2. The van der Waals surface area contributed by atoms with Gasteiger partial charge in [-0.3, -0.25) is 5.84 Å². The van der Waals surface area contributed by atoms with Gasteiger partial charge in [-0.25, -0.2) is 18.5 Å². The molecule has 0 aliphatic heterocycles. The first-order valence-corrected chi connectivity index (χ1v) is 7.52. The van der Waals surface area contributed by atoms with E-state index in [-0.39, 0.29) is 0 Å².